The number of benzene rings is 1. The molecule has 4 nitrogen and oxygen atoms in total. The SMILES string of the molecule is Cc1cc(C=N)c(N)c(S(=O)(=O)Cl)c1. The molecule has 1 rings (SSSR count). The zero-order valence-corrected chi connectivity index (χ0v) is 8.98. The zero-order chi connectivity index (χ0) is 10.9. The van der Waals surface area contributed by atoms with Crippen molar-refractivity contribution in [1.29, 1.82) is 5.41 Å². The van der Waals surface area contributed by atoms with Crippen LogP contribution in [0.15, 0.2) is 17.0 Å². The molecule has 0 fully saturated rings. The van der Waals surface area contributed by atoms with Gasteiger partial charge in [0.2, 0.25) is 0 Å². The van der Waals surface area contributed by atoms with Crippen LogP contribution in [0.3, 0.4) is 0 Å². The van der Waals surface area contributed by atoms with Gasteiger partial charge in [0.15, 0.2) is 0 Å². The van der Waals surface area contributed by atoms with Crippen LogP contribution in [-0.2, 0) is 9.05 Å². The molecule has 0 radical (unpaired) electrons. The van der Waals surface area contributed by atoms with Crippen molar-refractivity contribution in [2.75, 3.05) is 5.73 Å². The molecule has 0 spiro atoms. The maximum absolute atomic E-state index is 11.1. The molecule has 0 heterocycles. The van der Waals surface area contributed by atoms with E-state index < -0.39 is 9.05 Å². The summed E-state index contributed by atoms with van der Waals surface area (Å²) in [7, 11) is 1.34. The molecule has 0 amide bonds. The van der Waals surface area contributed by atoms with Crippen LogP contribution < -0.4 is 5.73 Å². The van der Waals surface area contributed by atoms with E-state index in [4.69, 9.17) is 21.8 Å². The molecule has 14 heavy (non-hydrogen) atoms. The quantitative estimate of drug-likeness (QED) is 0.460. The lowest BCUT2D eigenvalue weighted by Gasteiger charge is -2.06. The molecule has 0 bridgehead atoms. The topological polar surface area (TPSA) is 84.0 Å². The van der Waals surface area contributed by atoms with Crippen LogP contribution in [0.2, 0.25) is 0 Å². The lowest BCUT2D eigenvalue weighted by atomic mass is 10.1. The summed E-state index contributed by atoms with van der Waals surface area (Å²) in [6.45, 7) is 1.71. The first-order valence-electron chi connectivity index (χ1n) is 3.71. The Labute approximate surface area is 86.6 Å². The Bertz CT molecular complexity index is 482. The van der Waals surface area contributed by atoms with Crippen LogP contribution in [0.1, 0.15) is 11.1 Å². The van der Waals surface area contributed by atoms with Gasteiger partial charge in [0.1, 0.15) is 4.90 Å². The average Bonchev–Trinajstić information content (AvgIpc) is 2.06. The Kier molecular flexibility index (Phi) is 2.82. The second-order valence-electron chi connectivity index (χ2n) is 2.85. The van der Waals surface area contributed by atoms with Gasteiger partial charge in [-0.2, -0.15) is 0 Å². The second-order valence-corrected chi connectivity index (χ2v) is 5.38. The molecule has 0 saturated heterocycles. The van der Waals surface area contributed by atoms with Crippen molar-refractivity contribution in [1.82, 2.24) is 0 Å². The van der Waals surface area contributed by atoms with E-state index in [1.54, 1.807) is 13.0 Å². The Morgan fingerprint density at radius 2 is 2.07 bits per heavy atom. The number of rotatable bonds is 2. The number of anilines is 1. The third kappa shape index (κ3) is 2.05. The molecule has 3 N–H and O–H groups in total. The minimum Gasteiger partial charge on any atom is -0.397 e. The van der Waals surface area contributed by atoms with Gasteiger partial charge < -0.3 is 11.1 Å². The molecule has 0 aliphatic rings. The maximum Gasteiger partial charge on any atom is 0.263 e. The van der Waals surface area contributed by atoms with Gasteiger partial charge in [-0.25, -0.2) is 8.42 Å². The first-order chi connectivity index (χ1) is 6.36. The minimum atomic E-state index is -3.84. The van der Waals surface area contributed by atoms with Crippen molar-refractivity contribution in [3.8, 4) is 0 Å². The van der Waals surface area contributed by atoms with Crippen LogP contribution in [0.4, 0.5) is 5.69 Å². The van der Waals surface area contributed by atoms with Gasteiger partial charge in [0, 0.05) is 22.5 Å². The van der Waals surface area contributed by atoms with E-state index in [1.807, 2.05) is 0 Å². The first-order valence-corrected chi connectivity index (χ1v) is 6.02. The average molecular weight is 233 g/mol. The summed E-state index contributed by atoms with van der Waals surface area (Å²) < 4.78 is 22.2. The van der Waals surface area contributed by atoms with E-state index in [-0.39, 0.29) is 10.6 Å². The van der Waals surface area contributed by atoms with E-state index in [2.05, 4.69) is 0 Å². The first kappa shape index (κ1) is 11.0. The van der Waals surface area contributed by atoms with Gasteiger partial charge >= 0.3 is 0 Å². The van der Waals surface area contributed by atoms with Crippen LogP contribution >= 0.6 is 10.7 Å². The van der Waals surface area contributed by atoms with E-state index in [0.29, 0.717) is 11.1 Å². The fraction of sp³-hybridized carbons (Fsp3) is 0.125. The van der Waals surface area contributed by atoms with Gasteiger partial charge in [-0.1, -0.05) is 0 Å². The van der Waals surface area contributed by atoms with E-state index >= 15 is 0 Å². The number of halogens is 1. The highest BCUT2D eigenvalue weighted by molar-refractivity contribution is 8.13. The molecule has 0 unspecified atom stereocenters. The molecule has 0 aliphatic carbocycles. The maximum atomic E-state index is 11.1. The monoisotopic (exact) mass is 232 g/mol. The van der Waals surface area contributed by atoms with Crippen molar-refractivity contribution in [3.63, 3.8) is 0 Å². The van der Waals surface area contributed by atoms with Crippen LogP contribution in [0.5, 0.6) is 0 Å². The summed E-state index contributed by atoms with van der Waals surface area (Å²) in [5.74, 6) is 0. The van der Waals surface area contributed by atoms with Gasteiger partial charge in [-0.3, -0.25) is 0 Å². The number of nitrogen functional groups attached to an aromatic ring is 1. The van der Waals surface area contributed by atoms with Crippen molar-refractivity contribution >= 4 is 31.6 Å². The fourth-order valence-corrected chi connectivity index (χ4v) is 2.20. The Morgan fingerprint density at radius 1 is 1.50 bits per heavy atom. The van der Waals surface area contributed by atoms with Crippen molar-refractivity contribution in [2.24, 2.45) is 0 Å². The van der Waals surface area contributed by atoms with Crippen LogP contribution in [0, 0.1) is 12.3 Å². The largest absolute Gasteiger partial charge is 0.397 e. The number of hydrogen-bond acceptors (Lipinski definition) is 4. The summed E-state index contributed by atoms with van der Waals surface area (Å²) >= 11 is 0. The van der Waals surface area contributed by atoms with Crippen molar-refractivity contribution in [2.45, 2.75) is 11.8 Å². The standard InChI is InChI=1S/C8H9ClN2O2S/c1-5-2-6(4-10)8(11)7(3-5)14(9,12)13/h2-4,10H,11H2,1H3. The summed E-state index contributed by atoms with van der Waals surface area (Å²) in [4.78, 5) is -0.141. The predicted octanol–water partition coefficient (Wildman–Crippen LogP) is 1.50. The summed E-state index contributed by atoms with van der Waals surface area (Å²) in [6, 6.07) is 3.00. The molecule has 1 aromatic carbocycles. The van der Waals surface area contributed by atoms with Gasteiger partial charge in [-0.15, -0.1) is 0 Å². The smallest absolute Gasteiger partial charge is 0.263 e. The highest BCUT2D eigenvalue weighted by Gasteiger charge is 2.16. The predicted molar refractivity (Wildman–Crippen MR) is 56.5 cm³/mol. The molecule has 0 aromatic heterocycles. The van der Waals surface area contributed by atoms with E-state index in [9.17, 15) is 8.42 Å². The molecule has 0 atom stereocenters. The molecule has 0 aliphatic heterocycles. The summed E-state index contributed by atoms with van der Waals surface area (Å²) in [5, 5.41) is 7.04. The Morgan fingerprint density at radius 3 is 2.50 bits per heavy atom. The minimum absolute atomic E-state index is 0.0144. The lowest BCUT2D eigenvalue weighted by molar-refractivity contribution is 0.610. The molecule has 0 saturated carbocycles. The number of nitrogens with two attached hydrogens (primary N) is 1. The molecule has 76 valence electrons. The normalized spacial score (nSPS) is 11.3. The van der Waals surface area contributed by atoms with Gasteiger partial charge in [0.25, 0.3) is 9.05 Å². The Hall–Kier alpha value is -1.07. The third-order valence-electron chi connectivity index (χ3n) is 1.74. The van der Waals surface area contributed by atoms with E-state index in [0.717, 1.165) is 6.21 Å². The zero-order valence-electron chi connectivity index (χ0n) is 7.41. The molecular weight excluding hydrogens is 224 g/mol. The summed E-state index contributed by atoms with van der Waals surface area (Å²) in [5.41, 5.74) is 6.59. The molecular formula is C8H9ClN2O2S. The lowest BCUT2D eigenvalue weighted by Crippen LogP contribution is -2.02. The highest BCUT2D eigenvalue weighted by atomic mass is 35.7. The summed E-state index contributed by atoms with van der Waals surface area (Å²) in [6.07, 6.45) is 0.994. The second kappa shape index (κ2) is 3.59. The van der Waals surface area contributed by atoms with Crippen LogP contribution in [0.25, 0.3) is 0 Å². The number of aryl methyl sites for hydroxylation is 1. The van der Waals surface area contributed by atoms with E-state index in [1.165, 1.54) is 6.07 Å². The van der Waals surface area contributed by atoms with Gasteiger partial charge in [-0.05, 0) is 24.6 Å². The van der Waals surface area contributed by atoms with Crippen molar-refractivity contribution in [3.05, 3.63) is 23.3 Å². The van der Waals surface area contributed by atoms with Gasteiger partial charge in [0.05, 0.1) is 5.69 Å². The highest BCUT2D eigenvalue weighted by Crippen LogP contribution is 2.26. The molecule has 6 heteroatoms. The number of hydrogen-bond donors (Lipinski definition) is 2. The fourth-order valence-electron chi connectivity index (χ4n) is 1.11. The molecule has 1 aromatic rings. The Balaban J connectivity index is 3.61. The number of nitrogens with one attached hydrogen (secondary N) is 1. The third-order valence-corrected chi connectivity index (χ3v) is 3.10. The van der Waals surface area contributed by atoms with Crippen LogP contribution in [-0.4, -0.2) is 14.6 Å². The van der Waals surface area contributed by atoms with Crippen molar-refractivity contribution < 1.29 is 8.42 Å².